The van der Waals surface area contributed by atoms with E-state index in [-0.39, 0.29) is 11.5 Å². The summed E-state index contributed by atoms with van der Waals surface area (Å²) in [7, 11) is 1.28. The molecule has 0 radical (unpaired) electrons. The summed E-state index contributed by atoms with van der Waals surface area (Å²) in [5, 5.41) is 2.93. The molecule has 1 atom stereocenters. The number of rotatable bonds is 2. The van der Waals surface area contributed by atoms with Gasteiger partial charge < -0.3 is 19.5 Å². The zero-order valence-corrected chi connectivity index (χ0v) is 11.9. The van der Waals surface area contributed by atoms with Crippen LogP contribution in [0.3, 0.4) is 0 Å². The van der Waals surface area contributed by atoms with Crippen molar-refractivity contribution in [3.8, 4) is 11.5 Å². The summed E-state index contributed by atoms with van der Waals surface area (Å²) in [6.45, 7) is 1.83. The molecule has 5 nitrogen and oxygen atoms in total. The molecule has 0 saturated heterocycles. The second kappa shape index (κ2) is 5.01. The highest BCUT2D eigenvalue weighted by atomic mass is 19.3. The Labute approximate surface area is 125 Å². The van der Waals surface area contributed by atoms with Crippen molar-refractivity contribution >= 4 is 5.97 Å². The van der Waals surface area contributed by atoms with Gasteiger partial charge in [0.1, 0.15) is 0 Å². The van der Waals surface area contributed by atoms with Gasteiger partial charge in [-0.05, 0) is 24.6 Å². The van der Waals surface area contributed by atoms with Gasteiger partial charge in [-0.25, -0.2) is 4.79 Å². The molecule has 1 aromatic carbocycles. The van der Waals surface area contributed by atoms with Crippen molar-refractivity contribution in [1.82, 2.24) is 5.32 Å². The van der Waals surface area contributed by atoms with E-state index in [1.807, 2.05) is 13.0 Å². The van der Waals surface area contributed by atoms with Gasteiger partial charge in [-0.2, -0.15) is 0 Å². The Morgan fingerprint density at radius 2 is 2.05 bits per heavy atom. The smallest absolute Gasteiger partial charge is 0.466 e. The van der Waals surface area contributed by atoms with E-state index in [1.165, 1.54) is 19.2 Å². The number of fused-ring (bicyclic) bond motifs is 1. The topological polar surface area (TPSA) is 56.8 Å². The Bertz CT molecular complexity index is 697. The molecule has 3 rings (SSSR count). The number of halogens is 2. The van der Waals surface area contributed by atoms with E-state index in [2.05, 4.69) is 14.8 Å². The Hall–Kier alpha value is -2.57. The van der Waals surface area contributed by atoms with Crippen molar-refractivity contribution < 1.29 is 27.8 Å². The number of methoxy groups -OCH3 is 1. The number of benzene rings is 1. The lowest BCUT2D eigenvalue weighted by atomic mass is 9.89. The maximum absolute atomic E-state index is 13.1. The molecule has 1 N–H and O–H groups in total. The van der Waals surface area contributed by atoms with E-state index >= 15 is 0 Å². The van der Waals surface area contributed by atoms with Crippen LogP contribution in [0.5, 0.6) is 11.5 Å². The van der Waals surface area contributed by atoms with E-state index < -0.39 is 18.2 Å². The van der Waals surface area contributed by atoms with Crippen molar-refractivity contribution in [2.45, 2.75) is 19.1 Å². The van der Waals surface area contributed by atoms with Crippen LogP contribution >= 0.6 is 0 Å². The molecule has 0 fully saturated rings. The van der Waals surface area contributed by atoms with Crippen LogP contribution in [0, 0.1) is 0 Å². The molecule has 1 unspecified atom stereocenters. The summed E-state index contributed by atoms with van der Waals surface area (Å²) in [6.07, 6.45) is -0.311. The molecule has 0 saturated carbocycles. The van der Waals surface area contributed by atoms with Crippen LogP contribution < -0.4 is 14.8 Å². The lowest BCUT2D eigenvalue weighted by Gasteiger charge is -2.21. The van der Waals surface area contributed by atoms with E-state index in [0.29, 0.717) is 11.1 Å². The Morgan fingerprint density at radius 3 is 2.77 bits per heavy atom. The van der Waals surface area contributed by atoms with Crippen molar-refractivity contribution in [3.05, 3.63) is 47.3 Å². The fourth-order valence-electron chi connectivity index (χ4n) is 2.41. The van der Waals surface area contributed by atoms with Crippen LogP contribution in [0.25, 0.3) is 0 Å². The molecule has 0 amide bonds. The highest BCUT2D eigenvalue weighted by Gasteiger charge is 2.43. The van der Waals surface area contributed by atoms with E-state index in [1.54, 1.807) is 12.3 Å². The number of esters is 1. The monoisotopic (exact) mass is 309 g/mol. The van der Waals surface area contributed by atoms with Crippen molar-refractivity contribution in [2.24, 2.45) is 0 Å². The SMILES string of the molecule is COC(=O)C1=CNC(C)=CC1c1ccc2c(c1)OC(F)(F)O2. The number of ether oxygens (including phenoxy) is 3. The third-order valence-corrected chi connectivity index (χ3v) is 3.41. The molecule has 0 aliphatic carbocycles. The van der Waals surface area contributed by atoms with Gasteiger partial charge in [-0.1, -0.05) is 12.1 Å². The quantitative estimate of drug-likeness (QED) is 0.851. The number of carbonyl (C=O) groups excluding carboxylic acids is 1. The molecule has 116 valence electrons. The second-order valence-corrected chi connectivity index (χ2v) is 4.94. The minimum absolute atomic E-state index is 0.0352. The molecule has 0 spiro atoms. The van der Waals surface area contributed by atoms with Crippen molar-refractivity contribution in [3.63, 3.8) is 0 Å². The molecule has 0 aromatic heterocycles. The molecular weight excluding hydrogens is 296 g/mol. The zero-order valence-electron chi connectivity index (χ0n) is 11.9. The minimum Gasteiger partial charge on any atom is -0.466 e. The van der Waals surface area contributed by atoms with Crippen LogP contribution in [0.1, 0.15) is 18.4 Å². The van der Waals surface area contributed by atoms with Gasteiger partial charge in [0.05, 0.1) is 12.7 Å². The summed E-state index contributed by atoms with van der Waals surface area (Å²) in [5.74, 6) is -1.01. The van der Waals surface area contributed by atoms with Gasteiger partial charge >= 0.3 is 12.3 Å². The van der Waals surface area contributed by atoms with Crippen molar-refractivity contribution in [2.75, 3.05) is 7.11 Å². The lowest BCUT2D eigenvalue weighted by molar-refractivity contribution is -0.286. The normalized spacial score (nSPS) is 21.5. The van der Waals surface area contributed by atoms with E-state index in [0.717, 1.165) is 5.70 Å². The summed E-state index contributed by atoms with van der Waals surface area (Å²) in [4.78, 5) is 11.9. The fourth-order valence-corrected chi connectivity index (χ4v) is 2.41. The predicted molar refractivity (Wildman–Crippen MR) is 72.4 cm³/mol. The maximum atomic E-state index is 13.1. The molecule has 1 aromatic rings. The molecular formula is C15H13F2NO4. The number of dihydropyridines is 1. The molecule has 2 aliphatic heterocycles. The van der Waals surface area contributed by atoms with Crippen LogP contribution in [-0.4, -0.2) is 19.4 Å². The molecule has 0 bridgehead atoms. The summed E-state index contributed by atoms with van der Waals surface area (Å²) in [6, 6.07) is 4.44. The van der Waals surface area contributed by atoms with Crippen LogP contribution in [-0.2, 0) is 9.53 Å². The first-order valence-electron chi connectivity index (χ1n) is 6.53. The maximum Gasteiger partial charge on any atom is 0.586 e. The summed E-state index contributed by atoms with van der Waals surface area (Å²) in [5.41, 5.74) is 1.83. The molecule has 2 heterocycles. The van der Waals surface area contributed by atoms with Gasteiger partial charge in [-0.3, -0.25) is 0 Å². The van der Waals surface area contributed by atoms with E-state index in [9.17, 15) is 13.6 Å². The zero-order chi connectivity index (χ0) is 15.9. The van der Waals surface area contributed by atoms with Crippen molar-refractivity contribution in [1.29, 1.82) is 0 Å². The molecule has 7 heteroatoms. The highest BCUT2D eigenvalue weighted by molar-refractivity contribution is 5.91. The van der Waals surface area contributed by atoms with Gasteiger partial charge in [-0.15, -0.1) is 8.78 Å². The highest BCUT2D eigenvalue weighted by Crippen LogP contribution is 2.43. The first kappa shape index (κ1) is 14.4. The number of carbonyl (C=O) groups is 1. The summed E-state index contributed by atoms with van der Waals surface area (Å²) < 4.78 is 39.7. The average molecular weight is 309 g/mol. The van der Waals surface area contributed by atoms with Crippen LogP contribution in [0.2, 0.25) is 0 Å². The lowest BCUT2D eigenvalue weighted by Crippen LogP contribution is -2.25. The third-order valence-electron chi connectivity index (χ3n) is 3.41. The number of nitrogens with one attached hydrogen (secondary N) is 1. The number of allylic oxidation sites excluding steroid dienone is 2. The van der Waals surface area contributed by atoms with Crippen LogP contribution in [0.4, 0.5) is 8.78 Å². The number of hydrogen-bond donors (Lipinski definition) is 1. The number of hydrogen-bond acceptors (Lipinski definition) is 5. The number of alkyl halides is 2. The molecule has 22 heavy (non-hydrogen) atoms. The minimum atomic E-state index is -3.66. The molecule has 2 aliphatic rings. The average Bonchev–Trinajstić information content (AvgIpc) is 2.79. The fraction of sp³-hybridized carbons (Fsp3) is 0.267. The standard InChI is InChI=1S/C15H13F2NO4/c1-8-5-10(11(7-18-8)14(19)20-2)9-3-4-12-13(6-9)22-15(16,17)21-12/h3-7,10,18H,1-2H3. The Balaban J connectivity index is 1.98. The first-order valence-corrected chi connectivity index (χ1v) is 6.53. The van der Waals surface area contributed by atoms with Gasteiger partial charge in [0, 0.05) is 17.8 Å². The van der Waals surface area contributed by atoms with Crippen LogP contribution in [0.15, 0.2) is 41.7 Å². The third kappa shape index (κ3) is 2.49. The van der Waals surface area contributed by atoms with Gasteiger partial charge in [0.2, 0.25) is 0 Å². The summed E-state index contributed by atoms with van der Waals surface area (Å²) >= 11 is 0. The Morgan fingerprint density at radius 1 is 1.32 bits per heavy atom. The van der Waals surface area contributed by atoms with Gasteiger partial charge in [0.25, 0.3) is 0 Å². The predicted octanol–water partition coefficient (Wildman–Crippen LogP) is 2.66. The Kier molecular flexibility index (Phi) is 3.27. The largest absolute Gasteiger partial charge is 0.586 e. The second-order valence-electron chi connectivity index (χ2n) is 4.94. The van der Waals surface area contributed by atoms with Gasteiger partial charge in [0.15, 0.2) is 11.5 Å². The van der Waals surface area contributed by atoms with E-state index in [4.69, 9.17) is 4.74 Å². The first-order chi connectivity index (χ1) is 10.4.